The topological polar surface area (TPSA) is 78.9 Å². The second-order valence-corrected chi connectivity index (χ2v) is 5.79. The third-order valence-electron chi connectivity index (χ3n) is 4.37. The van der Waals surface area contributed by atoms with Crippen LogP contribution in [0.2, 0.25) is 0 Å². The van der Waals surface area contributed by atoms with Gasteiger partial charge in [-0.3, -0.25) is 4.79 Å². The summed E-state index contributed by atoms with van der Waals surface area (Å²) in [5, 5.41) is 12.1. The van der Waals surface area contributed by atoms with Gasteiger partial charge in [0.05, 0.1) is 25.2 Å². The van der Waals surface area contributed by atoms with Crippen LogP contribution >= 0.6 is 0 Å². The third-order valence-corrected chi connectivity index (χ3v) is 4.37. The van der Waals surface area contributed by atoms with Crippen molar-refractivity contribution in [3.63, 3.8) is 0 Å². The van der Waals surface area contributed by atoms with Gasteiger partial charge in [0, 0.05) is 13.1 Å². The molecule has 2 fully saturated rings. The molecule has 6 nitrogen and oxygen atoms in total. The second kappa shape index (κ2) is 6.92. The normalized spacial score (nSPS) is 30.9. The summed E-state index contributed by atoms with van der Waals surface area (Å²) in [6.07, 6.45) is 3.64. The van der Waals surface area contributed by atoms with Crippen LogP contribution < -0.4 is 5.32 Å². The summed E-state index contributed by atoms with van der Waals surface area (Å²) in [7, 11) is 0. The average Bonchev–Trinajstić information content (AvgIpc) is 2.45. The van der Waals surface area contributed by atoms with Crippen LogP contribution in [0.15, 0.2) is 0 Å². The van der Waals surface area contributed by atoms with Crippen molar-refractivity contribution in [3.8, 4) is 0 Å². The first-order chi connectivity index (χ1) is 9.59. The molecule has 1 saturated carbocycles. The van der Waals surface area contributed by atoms with Crippen LogP contribution in [0, 0.1) is 11.8 Å². The summed E-state index contributed by atoms with van der Waals surface area (Å²) in [5.41, 5.74) is 0. The summed E-state index contributed by atoms with van der Waals surface area (Å²) < 4.78 is 5.31. The van der Waals surface area contributed by atoms with Crippen LogP contribution in [-0.2, 0) is 9.53 Å². The standard InChI is InChI=1S/C14H24N2O4/c1-10-9-20-7-6-16(10)14(19)15-8-11-4-2-3-5-12(11)13(17)18/h10-12H,2-9H2,1H3,(H,15,19)(H,17,18). The Morgan fingerprint density at radius 2 is 2.10 bits per heavy atom. The molecule has 2 aliphatic rings. The van der Waals surface area contributed by atoms with Crippen LogP contribution in [0.3, 0.4) is 0 Å². The lowest BCUT2D eigenvalue weighted by Crippen LogP contribution is -2.52. The number of hydrogen-bond acceptors (Lipinski definition) is 3. The Kier molecular flexibility index (Phi) is 5.23. The zero-order valence-corrected chi connectivity index (χ0v) is 12.0. The van der Waals surface area contributed by atoms with Gasteiger partial charge in [-0.25, -0.2) is 4.79 Å². The molecule has 2 N–H and O–H groups in total. The first kappa shape index (κ1) is 15.1. The summed E-state index contributed by atoms with van der Waals surface area (Å²) in [6.45, 7) is 4.15. The molecule has 1 aliphatic carbocycles. The highest BCUT2D eigenvalue weighted by Gasteiger charge is 2.31. The molecule has 2 amide bonds. The van der Waals surface area contributed by atoms with Gasteiger partial charge in [0.1, 0.15) is 0 Å². The Labute approximate surface area is 119 Å². The minimum atomic E-state index is -0.733. The van der Waals surface area contributed by atoms with Crippen molar-refractivity contribution in [2.24, 2.45) is 11.8 Å². The lowest BCUT2D eigenvalue weighted by molar-refractivity contribution is -0.144. The van der Waals surface area contributed by atoms with Crippen molar-refractivity contribution < 1.29 is 19.4 Å². The maximum atomic E-state index is 12.1. The summed E-state index contributed by atoms with van der Waals surface area (Å²) in [4.78, 5) is 25.1. The molecule has 0 spiro atoms. The average molecular weight is 284 g/mol. The van der Waals surface area contributed by atoms with Crippen molar-refractivity contribution in [1.82, 2.24) is 10.2 Å². The molecular weight excluding hydrogens is 260 g/mol. The predicted molar refractivity (Wildman–Crippen MR) is 73.5 cm³/mol. The third kappa shape index (κ3) is 3.62. The fraction of sp³-hybridized carbons (Fsp3) is 0.857. The molecule has 6 heteroatoms. The van der Waals surface area contributed by atoms with Crippen LogP contribution in [-0.4, -0.2) is 54.4 Å². The minimum absolute atomic E-state index is 0.0570. The van der Waals surface area contributed by atoms with E-state index >= 15 is 0 Å². The number of aliphatic carboxylic acids is 1. The summed E-state index contributed by atoms with van der Waals surface area (Å²) in [5.74, 6) is -0.989. The van der Waals surface area contributed by atoms with Gasteiger partial charge in [-0.2, -0.15) is 0 Å². The van der Waals surface area contributed by atoms with Crippen LogP contribution in [0.5, 0.6) is 0 Å². The van der Waals surface area contributed by atoms with E-state index in [4.69, 9.17) is 4.74 Å². The lowest BCUT2D eigenvalue weighted by atomic mass is 9.79. The number of amides is 2. The molecular formula is C14H24N2O4. The minimum Gasteiger partial charge on any atom is -0.481 e. The molecule has 3 atom stereocenters. The Hall–Kier alpha value is -1.30. The quantitative estimate of drug-likeness (QED) is 0.819. The predicted octanol–water partition coefficient (Wildman–Crippen LogP) is 1.31. The SMILES string of the molecule is CC1COCCN1C(=O)NCC1CCCCC1C(=O)O. The zero-order valence-electron chi connectivity index (χ0n) is 12.0. The van der Waals surface area contributed by atoms with Gasteiger partial charge in [0.2, 0.25) is 0 Å². The highest BCUT2D eigenvalue weighted by molar-refractivity contribution is 5.75. The monoisotopic (exact) mass is 284 g/mol. The largest absolute Gasteiger partial charge is 0.481 e. The van der Waals surface area contributed by atoms with Gasteiger partial charge in [0.25, 0.3) is 0 Å². The first-order valence-corrected chi connectivity index (χ1v) is 7.44. The number of morpholine rings is 1. The van der Waals surface area contributed by atoms with Crippen molar-refractivity contribution in [2.45, 2.75) is 38.6 Å². The Morgan fingerprint density at radius 3 is 2.80 bits per heavy atom. The molecule has 0 aromatic heterocycles. The number of carbonyl (C=O) groups excluding carboxylic acids is 1. The molecule has 1 heterocycles. The Morgan fingerprint density at radius 1 is 1.35 bits per heavy atom. The summed E-state index contributed by atoms with van der Waals surface area (Å²) in [6, 6.07) is -0.0270. The van der Waals surface area contributed by atoms with Crippen molar-refractivity contribution >= 4 is 12.0 Å². The molecule has 0 aromatic carbocycles. The van der Waals surface area contributed by atoms with E-state index in [1.54, 1.807) is 4.90 Å². The van der Waals surface area contributed by atoms with E-state index < -0.39 is 5.97 Å². The van der Waals surface area contributed by atoms with E-state index in [0.29, 0.717) is 26.3 Å². The maximum Gasteiger partial charge on any atom is 0.317 e. The first-order valence-electron chi connectivity index (χ1n) is 7.44. The molecule has 2 rings (SSSR count). The number of rotatable bonds is 3. The Balaban J connectivity index is 1.83. The number of carboxylic acids is 1. The van der Waals surface area contributed by atoms with Crippen LogP contribution in [0.4, 0.5) is 4.79 Å². The number of hydrogen-bond donors (Lipinski definition) is 2. The van der Waals surface area contributed by atoms with E-state index in [9.17, 15) is 14.7 Å². The second-order valence-electron chi connectivity index (χ2n) is 5.79. The van der Waals surface area contributed by atoms with Gasteiger partial charge in [-0.15, -0.1) is 0 Å². The number of urea groups is 1. The molecule has 0 bridgehead atoms. The molecule has 0 radical (unpaired) electrons. The molecule has 1 saturated heterocycles. The van der Waals surface area contributed by atoms with Gasteiger partial charge in [0.15, 0.2) is 0 Å². The number of nitrogens with zero attached hydrogens (tertiary/aromatic N) is 1. The summed E-state index contributed by atoms with van der Waals surface area (Å²) >= 11 is 0. The van der Waals surface area contributed by atoms with E-state index in [1.807, 2.05) is 6.92 Å². The number of ether oxygens (including phenoxy) is 1. The van der Waals surface area contributed by atoms with Crippen molar-refractivity contribution in [2.75, 3.05) is 26.3 Å². The van der Waals surface area contributed by atoms with Gasteiger partial charge in [-0.05, 0) is 25.7 Å². The number of nitrogens with one attached hydrogen (secondary N) is 1. The van der Waals surface area contributed by atoms with Crippen molar-refractivity contribution in [3.05, 3.63) is 0 Å². The van der Waals surface area contributed by atoms with E-state index in [2.05, 4.69) is 5.32 Å². The highest BCUT2D eigenvalue weighted by Crippen LogP contribution is 2.29. The number of carbonyl (C=O) groups is 2. The van der Waals surface area contributed by atoms with Crippen molar-refractivity contribution in [1.29, 1.82) is 0 Å². The molecule has 114 valence electrons. The van der Waals surface area contributed by atoms with Crippen LogP contribution in [0.1, 0.15) is 32.6 Å². The fourth-order valence-corrected chi connectivity index (χ4v) is 3.13. The molecule has 1 aliphatic heterocycles. The highest BCUT2D eigenvalue weighted by atomic mass is 16.5. The molecule has 3 unspecified atom stereocenters. The van der Waals surface area contributed by atoms with Crippen LogP contribution in [0.25, 0.3) is 0 Å². The van der Waals surface area contributed by atoms with Gasteiger partial charge in [-0.1, -0.05) is 12.8 Å². The smallest absolute Gasteiger partial charge is 0.317 e. The Bertz CT molecular complexity index is 361. The fourth-order valence-electron chi connectivity index (χ4n) is 3.13. The lowest BCUT2D eigenvalue weighted by Gasteiger charge is -2.34. The maximum absolute atomic E-state index is 12.1. The zero-order chi connectivity index (χ0) is 14.5. The van der Waals surface area contributed by atoms with E-state index in [-0.39, 0.29) is 23.9 Å². The van der Waals surface area contributed by atoms with Gasteiger partial charge < -0.3 is 20.1 Å². The molecule has 0 aromatic rings. The van der Waals surface area contributed by atoms with E-state index in [0.717, 1.165) is 25.7 Å². The molecule has 20 heavy (non-hydrogen) atoms. The number of carboxylic acid groups (broad SMARTS) is 1. The van der Waals surface area contributed by atoms with E-state index in [1.165, 1.54) is 0 Å². The van der Waals surface area contributed by atoms with Gasteiger partial charge >= 0.3 is 12.0 Å².